The Morgan fingerprint density at radius 3 is 2.57 bits per heavy atom. The van der Waals surface area contributed by atoms with E-state index in [-0.39, 0.29) is 0 Å². The molecule has 1 N–H and O–H groups in total. The molecule has 3 saturated carbocycles. The molecule has 4 rings (SSSR count). The molecule has 5 unspecified atom stereocenters. The van der Waals surface area contributed by atoms with Crippen molar-refractivity contribution >= 4 is 5.91 Å². The summed E-state index contributed by atoms with van der Waals surface area (Å²) in [4.78, 5) is 15.2. The fraction of sp³-hybridized carbons (Fsp3) is 0.944. The van der Waals surface area contributed by atoms with Crippen molar-refractivity contribution in [1.82, 2.24) is 10.2 Å². The van der Waals surface area contributed by atoms with Crippen LogP contribution < -0.4 is 5.32 Å². The van der Waals surface area contributed by atoms with Crippen LogP contribution in [0.4, 0.5) is 0 Å². The van der Waals surface area contributed by atoms with Gasteiger partial charge in [0.15, 0.2) is 0 Å². The van der Waals surface area contributed by atoms with Gasteiger partial charge in [-0.3, -0.25) is 4.79 Å². The van der Waals surface area contributed by atoms with Crippen molar-refractivity contribution in [2.24, 2.45) is 35.5 Å². The van der Waals surface area contributed by atoms with E-state index in [2.05, 4.69) is 17.1 Å². The number of hydrogen-bond donors (Lipinski definition) is 1. The Labute approximate surface area is 128 Å². The van der Waals surface area contributed by atoms with Gasteiger partial charge in [-0.05, 0) is 81.2 Å². The van der Waals surface area contributed by atoms with Crippen molar-refractivity contribution in [2.45, 2.75) is 45.4 Å². The average molecular weight is 290 g/mol. The van der Waals surface area contributed by atoms with Crippen LogP contribution in [0.15, 0.2) is 0 Å². The van der Waals surface area contributed by atoms with Crippen molar-refractivity contribution in [2.75, 3.05) is 26.2 Å². The zero-order valence-electron chi connectivity index (χ0n) is 13.4. The fourth-order valence-corrected chi connectivity index (χ4v) is 5.82. The van der Waals surface area contributed by atoms with Crippen LogP contribution in [0.1, 0.15) is 45.4 Å². The first-order valence-electron chi connectivity index (χ1n) is 9.29. The molecule has 1 saturated heterocycles. The second-order valence-corrected chi connectivity index (χ2v) is 8.01. The third-order valence-electron chi connectivity index (χ3n) is 6.70. The monoisotopic (exact) mass is 290 g/mol. The van der Waals surface area contributed by atoms with E-state index < -0.39 is 0 Å². The zero-order chi connectivity index (χ0) is 14.4. The van der Waals surface area contributed by atoms with Crippen LogP contribution in [-0.2, 0) is 4.79 Å². The molecule has 0 aromatic carbocycles. The van der Waals surface area contributed by atoms with E-state index in [1.807, 2.05) is 0 Å². The van der Waals surface area contributed by atoms with E-state index >= 15 is 0 Å². The maximum atomic E-state index is 13.0. The second-order valence-electron chi connectivity index (χ2n) is 8.01. The summed E-state index contributed by atoms with van der Waals surface area (Å²) in [6.07, 6.45) is 7.94. The third kappa shape index (κ3) is 2.42. The highest BCUT2D eigenvalue weighted by Crippen LogP contribution is 2.69. The molecule has 1 aliphatic heterocycles. The summed E-state index contributed by atoms with van der Waals surface area (Å²) in [5.41, 5.74) is 0. The van der Waals surface area contributed by atoms with Gasteiger partial charge in [-0.2, -0.15) is 0 Å². The van der Waals surface area contributed by atoms with Crippen LogP contribution in [0, 0.1) is 35.5 Å². The van der Waals surface area contributed by atoms with Gasteiger partial charge in [-0.15, -0.1) is 0 Å². The molecule has 4 fully saturated rings. The van der Waals surface area contributed by atoms with Gasteiger partial charge in [-0.1, -0.05) is 6.92 Å². The standard InChI is InChI=1S/C18H30N2O/c1-2-8-20(11-12-4-3-7-19-10-12)18(21)17-15-13-5-6-14(9-13)16(15)17/h12-17,19H,2-11H2,1H3. The molecule has 0 spiro atoms. The molecule has 4 aliphatic rings. The second kappa shape index (κ2) is 5.57. The highest BCUT2D eigenvalue weighted by molar-refractivity contribution is 5.83. The molecule has 3 nitrogen and oxygen atoms in total. The van der Waals surface area contributed by atoms with Gasteiger partial charge in [0.25, 0.3) is 0 Å². The first kappa shape index (κ1) is 14.0. The fourth-order valence-electron chi connectivity index (χ4n) is 5.82. The molecule has 21 heavy (non-hydrogen) atoms. The number of fused-ring (bicyclic) bond motifs is 5. The number of amides is 1. The van der Waals surface area contributed by atoms with Gasteiger partial charge >= 0.3 is 0 Å². The Morgan fingerprint density at radius 1 is 1.19 bits per heavy atom. The van der Waals surface area contributed by atoms with E-state index in [0.717, 1.165) is 56.3 Å². The van der Waals surface area contributed by atoms with Crippen molar-refractivity contribution in [3.8, 4) is 0 Å². The summed E-state index contributed by atoms with van der Waals surface area (Å²) in [5, 5.41) is 3.49. The molecular formula is C18H30N2O. The Morgan fingerprint density at radius 2 is 1.95 bits per heavy atom. The summed E-state index contributed by atoms with van der Waals surface area (Å²) in [6, 6.07) is 0. The maximum Gasteiger partial charge on any atom is 0.226 e. The molecular weight excluding hydrogens is 260 g/mol. The molecule has 3 aliphatic carbocycles. The normalized spacial score (nSPS) is 43.7. The Bertz CT molecular complexity index is 388. The Balaban J connectivity index is 1.38. The van der Waals surface area contributed by atoms with Crippen LogP contribution in [0.5, 0.6) is 0 Å². The quantitative estimate of drug-likeness (QED) is 0.844. The third-order valence-corrected chi connectivity index (χ3v) is 6.70. The SMILES string of the molecule is CCCN(CC1CCCNC1)C(=O)C1C2C3CCC(C3)C12. The van der Waals surface area contributed by atoms with E-state index in [1.54, 1.807) is 0 Å². The molecule has 5 atom stereocenters. The average Bonchev–Trinajstić information content (AvgIpc) is 2.94. The molecule has 0 aromatic heterocycles. The molecule has 2 bridgehead atoms. The van der Waals surface area contributed by atoms with Crippen LogP contribution in [0.2, 0.25) is 0 Å². The number of nitrogens with zero attached hydrogens (tertiary/aromatic N) is 1. The summed E-state index contributed by atoms with van der Waals surface area (Å²) in [6.45, 7) is 6.45. The largest absolute Gasteiger partial charge is 0.342 e. The molecule has 0 aromatic rings. The number of nitrogens with one attached hydrogen (secondary N) is 1. The first-order valence-corrected chi connectivity index (χ1v) is 9.29. The van der Waals surface area contributed by atoms with Crippen molar-refractivity contribution in [3.05, 3.63) is 0 Å². The maximum absolute atomic E-state index is 13.0. The predicted octanol–water partition coefficient (Wildman–Crippen LogP) is 2.52. The smallest absolute Gasteiger partial charge is 0.226 e. The topological polar surface area (TPSA) is 32.3 Å². The van der Waals surface area contributed by atoms with Crippen LogP contribution in [0.3, 0.4) is 0 Å². The zero-order valence-corrected chi connectivity index (χ0v) is 13.4. The van der Waals surface area contributed by atoms with Crippen molar-refractivity contribution in [3.63, 3.8) is 0 Å². The van der Waals surface area contributed by atoms with Crippen molar-refractivity contribution < 1.29 is 4.79 Å². The number of carbonyl (C=O) groups is 1. The minimum absolute atomic E-state index is 0.430. The first-order chi connectivity index (χ1) is 10.3. The lowest BCUT2D eigenvalue weighted by molar-refractivity contribution is -0.134. The van der Waals surface area contributed by atoms with E-state index in [0.29, 0.717) is 17.7 Å². The number of piperidine rings is 1. The lowest BCUT2D eigenvalue weighted by Crippen LogP contribution is -2.42. The molecule has 1 amide bonds. The van der Waals surface area contributed by atoms with Crippen LogP contribution in [0.25, 0.3) is 0 Å². The molecule has 118 valence electrons. The molecule has 0 radical (unpaired) electrons. The van der Waals surface area contributed by atoms with Gasteiger partial charge in [0.05, 0.1) is 0 Å². The minimum atomic E-state index is 0.430. The molecule has 1 heterocycles. The van der Waals surface area contributed by atoms with Gasteiger partial charge in [0, 0.05) is 19.0 Å². The Hall–Kier alpha value is -0.570. The van der Waals surface area contributed by atoms with E-state index in [4.69, 9.17) is 0 Å². The minimum Gasteiger partial charge on any atom is -0.342 e. The van der Waals surface area contributed by atoms with Gasteiger partial charge < -0.3 is 10.2 Å². The number of hydrogen-bond acceptors (Lipinski definition) is 2. The van der Waals surface area contributed by atoms with Gasteiger partial charge in [0.1, 0.15) is 0 Å². The predicted molar refractivity (Wildman–Crippen MR) is 83.8 cm³/mol. The number of carbonyl (C=O) groups excluding carboxylic acids is 1. The van der Waals surface area contributed by atoms with E-state index in [1.165, 1.54) is 32.1 Å². The lowest BCUT2D eigenvalue weighted by atomic mass is 9.97. The Kier molecular flexibility index (Phi) is 3.72. The summed E-state index contributed by atoms with van der Waals surface area (Å²) in [7, 11) is 0. The summed E-state index contributed by atoms with van der Waals surface area (Å²) in [5.74, 6) is 5.04. The lowest BCUT2D eigenvalue weighted by Gasteiger charge is -2.31. The van der Waals surface area contributed by atoms with Crippen LogP contribution >= 0.6 is 0 Å². The summed E-state index contributed by atoms with van der Waals surface area (Å²) < 4.78 is 0. The van der Waals surface area contributed by atoms with Gasteiger partial charge in [0.2, 0.25) is 5.91 Å². The number of rotatable bonds is 5. The van der Waals surface area contributed by atoms with E-state index in [9.17, 15) is 4.79 Å². The van der Waals surface area contributed by atoms with Crippen LogP contribution in [-0.4, -0.2) is 37.0 Å². The summed E-state index contributed by atoms with van der Waals surface area (Å²) >= 11 is 0. The van der Waals surface area contributed by atoms with Crippen molar-refractivity contribution in [1.29, 1.82) is 0 Å². The highest BCUT2D eigenvalue weighted by atomic mass is 16.2. The van der Waals surface area contributed by atoms with Gasteiger partial charge in [-0.25, -0.2) is 0 Å². The molecule has 3 heteroatoms. The highest BCUT2D eigenvalue weighted by Gasteiger charge is 2.67.